The standard InChI is InChI=1S/C24H31ClN2O2/c1-4-22(24(29)26-16-18(2)3)27(17-20-12-8-9-13-21(20)25)23(28)15-14-19-10-6-5-7-11-19/h5-13,18,22H,4,14-17H2,1-3H3,(H,26,29)/t22-/m0/s1. The van der Waals surface area contributed by atoms with Crippen LogP contribution in [0.4, 0.5) is 0 Å². The van der Waals surface area contributed by atoms with Gasteiger partial charge in [-0.2, -0.15) is 0 Å². The lowest BCUT2D eigenvalue weighted by Gasteiger charge is -2.31. The summed E-state index contributed by atoms with van der Waals surface area (Å²) in [6, 6.07) is 16.9. The number of hydrogen-bond donors (Lipinski definition) is 1. The predicted octanol–water partition coefficient (Wildman–Crippen LogP) is 4.85. The maximum atomic E-state index is 13.2. The van der Waals surface area contributed by atoms with Crippen molar-refractivity contribution in [3.8, 4) is 0 Å². The van der Waals surface area contributed by atoms with E-state index < -0.39 is 6.04 Å². The van der Waals surface area contributed by atoms with Crippen molar-refractivity contribution in [2.45, 2.75) is 52.6 Å². The number of nitrogens with zero attached hydrogens (tertiary/aromatic N) is 1. The van der Waals surface area contributed by atoms with E-state index >= 15 is 0 Å². The third-order valence-electron chi connectivity index (χ3n) is 4.84. The van der Waals surface area contributed by atoms with Gasteiger partial charge in [0.2, 0.25) is 11.8 Å². The van der Waals surface area contributed by atoms with E-state index in [0.29, 0.717) is 43.3 Å². The Morgan fingerprint density at radius 3 is 2.31 bits per heavy atom. The SMILES string of the molecule is CC[C@@H](C(=O)NCC(C)C)N(Cc1ccccc1Cl)C(=O)CCc1ccccc1. The molecule has 5 heteroatoms. The molecule has 0 fully saturated rings. The second kappa shape index (κ2) is 11.6. The van der Waals surface area contributed by atoms with Crippen LogP contribution in [0.1, 0.15) is 44.7 Å². The molecule has 2 aromatic rings. The molecule has 1 atom stereocenters. The highest BCUT2D eigenvalue weighted by atomic mass is 35.5. The van der Waals surface area contributed by atoms with Gasteiger partial charge in [-0.15, -0.1) is 0 Å². The number of nitrogens with one attached hydrogen (secondary N) is 1. The third-order valence-corrected chi connectivity index (χ3v) is 5.21. The quantitative estimate of drug-likeness (QED) is 0.604. The number of benzene rings is 2. The molecule has 0 spiro atoms. The summed E-state index contributed by atoms with van der Waals surface area (Å²) < 4.78 is 0. The molecule has 0 aromatic heterocycles. The van der Waals surface area contributed by atoms with Gasteiger partial charge in [-0.25, -0.2) is 0 Å². The first kappa shape index (κ1) is 23.0. The minimum Gasteiger partial charge on any atom is -0.354 e. The van der Waals surface area contributed by atoms with Crippen molar-refractivity contribution in [1.29, 1.82) is 0 Å². The normalized spacial score (nSPS) is 11.9. The Labute approximate surface area is 179 Å². The van der Waals surface area contributed by atoms with Crippen LogP contribution in [-0.2, 0) is 22.6 Å². The van der Waals surface area contributed by atoms with Gasteiger partial charge < -0.3 is 10.2 Å². The molecule has 2 rings (SSSR count). The van der Waals surface area contributed by atoms with Crippen LogP contribution in [0.2, 0.25) is 5.02 Å². The molecule has 0 unspecified atom stereocenters. The van der Waals surface area contributed by atoms with Gasteiger partial charge in [0.25, 0.3) is 0 Å². The van der Waals surface area contributed by atoms with Gasteiger partial charge in [0.05, 0.1) is 0 Å². The van der Waals surface area contributed by atoms with Crippen molar-refractivity contribution in [3.05, 3.63) is 70.7 Å². The van der Waals surface area contributed by atoms with E-state index in [1.54, 1.807) is 4.90 Å². The highest BCUT2D eigenvalue weighted by Gasteiger charge is 2.28. The fourth-order valence-electron chi connectivity index (χ4n) is 3.19. The van der Waals surface area contributed by atoms with Crippen LogP contribution in [-0.4, -0.2) is 29.3 Å². The van der Waals surface area contributed by atoms with Crippen molar-refractivity contribution in [2.24, 2.45) is 5.92 Å². The van der Waals surface area contributed by atoms with Gasteiger partial charge in [-0.3, -0.25) is 9.59 Å². The third kappa shape index (κ3) is 7.21. The highest BCUT2D eigenvalue weighted by molar-refractivity contribution is 6.31. The average Bonchev–Trinajstić information content (AvgIpc) is 2.72. The summed E-state index contributed by atoms with van der Waals surface area (Å²) in [5.41, 5.74) is 1.95. The van der Waals surface area contributed by atoms with Crippen LogP contribution < -0.4 is 5.32 Å². The Hall–Kier alpha value is -2.33. The first-order valence-electron chi connectivity index (χ1n) is 10.3. The first-order chi connectivity index (χ1) is 13.9. The molecule has 2 amide bonds. The van der Waals surface area contributed by atoms with Gasteiger partial charge >= 0.3 is 0 Å². The summed E-state index contributed by atoms with van der Waals surface area (Å²) in [6.45, 7) is 6.94. The average molecular weight is 415 g/mol. The molecule has 156 valence electrons. The largest absolute Gasteiger partial charge is 0.354 e. The topological polar surface area (TPSA) is 49.4 Å². The zero-order valence-corrected chi connectivity index (χ0v) is 18.3. The Morgan fingerprint density at radius 1 is 1.03 bits per heavy atom. The minimum absolute atomic E-state index is 0.0414. The molecule has 1 N–H and O–H groups in total. The molecule has 4 nitrogen and oxygen atoms in total. The number of rotatable bonds is 10. The van der Waals surface area contributed by atoms with Crippen molar-refractivity contribution < 1.29 is 9.59 Å². The summed E-state index contributed by atoms with van der Waals surface area (Å²) in [6.07, 6.45) is 1.54. The molecule has 0 saturated carbocycles. The first-order valence-corrected chi connectivity index (χ1v) is 10.6. The fourth-order valence-corrected chi connectivity index (χ4v) is 3.39. The molecule has 0 aliphatic heterocycles. The van der Waals surface area contributed by atoms with Gasteiger partial charge in [0, 0.05) is 24.5 Å². The van der Waals surface area contributed by atoms with E-state index in [2.05, 4.69) is 5.32 Å². The fraction of sp³-hybridized carbons (Fsp3) is 0.417. The van der Waals surface area contributed by atoms with Crippen LogP contribution in [0.3, 0.4) is 0 Å². The number of halogens is 1. The molecule has 0 aliphatic rings. The molecule has 2 aromatic carbocycles. The van der Waals surface area contributed by atoms with Crippen LogP contribution >= 0.6 is 11.6 Å². The van der Waals surface area contributed by atoms with Crippen LogP contribution in [0.15, 0.2) is 54.6 Å². The Morgan fingerprint density at radius 2 is 1.69 bits per heavy atom. The van der Waals surface area contributed by atoms with Crippen LogP contribution in [0.25, 0.3) is 0 Å². The van der Waals surface area contributed by atoms with Crippen molar-refractivity contribution >= 4 is 23.4 Å². The Bertz CT molecular complexity index is 792. The van der Waals surface area contributed by atoms with E-state index in [4.69, 9.17) is 11.6 Å². The Balaban J connectivity index is 2.19. The lowest BCUT2D eigenvalue weighted by Crippen LogP contribution is -2.49. The minimum atomic E-state index is -0.520. The van der Waals surface area contributed by atoms with E-state index in [-0.39, 0.29) is 11.8 Å². The molecular formula is C24H31ClN2O2. The lowest BCUT2D eigenvalue weighted by molar-refractivity contribution is -0.141. The van der Waals surface area contributed by atoms with Crippen molar-refractivity contribution in [1.82, 2.24) is 10.2 Å². The van der Waals surface area contributed by atoms with Crippen molar-refractivity contribution in [3.63, 3.8) is 0 Å². The van der Waals surface area contributed by atoms with Gasteiger partial charge in [-0.05, 0) is 36.0 Å². The molecule has 0 bridgehead atoms. The van der Waals surface area contributed by atoms with Crippen LogP contribution in [0.5, 0.6) is 0 Å². The second-order valence-electron chi connectivity index (χ2n) is 7.66. The van der Waals surface area contributed by atoms with E-state index in [9.17, 15) is 9.59 Å². The molecule has 0 heterocycles. The lowest BCUT2D eigenvalue weighted by atomic mass is 10.1. The van der Waals surface area contributed by atoms with E-state index in [1.165, 1.54) is 0 Å². The number of carbonyl (C=O) groups excluding carboxylic acids is 2. The summed E-state index contributed by atoms with van der Waals surface area (Å²) in [5.74, 6) is 0.198. The summed E-state index contributed by atoms with van der Waals surface area (Å²) in [5, 5.41) is 3.58. The molecule has 0 radical (unpaired) electrons. The van der Waals surface area contributed by atoms with Gasteiger partial charge in [-0.1, -0.05) is 80.9 Å². The summed E-state index contributed by atoms with van der Waals surface area (Å²) >= 11 is 6.34. The number of carbonyl (C=O) groups is 2. The number of aryl methyl sites for hydroxylation is 1. The zero-order valence-electron chi connectivity index (χ0n) is 17.5. The van der Waals surface area contributed by atoms with Crippen molar-refractivity contribution in [2.75, 3.05) is 6.54 Å². The zero-order chi connectivity index (χ0) is 21.2. The van der Waals surface area contributed by atoms with E-state index in [1.807, 2.05) is 75.4 Å². The summed E-state index contributed by atoms with van der Waals surface area (Å²) in [7, 11) is 0. The molecule has 0 aliphatic carbocycles. The number of amides is 2. The smallest absolute Gasteiger partial charge is 0.242 e. The Kier molecular flexibility index (Phi) is 9.20. The predicted molar refractivity (Wildman–Crippen MR) is 119 cm³/mol. The van der Waals surface area contributed by atoms with E-state index in [0.717, 1.165) is 11.1 Å². The monoisotopic (exact) mass is 414 g/mol. The molecular weight excluding hydrogens is 384 g/mol. The maximum absolute atomic E-state index is 13.2. The molecule has 0 saturated heterocycles. The highest BCUT2D eigenvalue weighted by Crippen LogP contribution is 2.20. The summed E-state index contributed by atoms with van der Waals surface area (Å²) in [4.78, 5) is 27.7. The number of hydrogen-bond acceptors (Lipinski definition) is 2. The van der Waals surface area contributed by atoms with Crippen LogP contribution in [0, 0.1) is 5.92 Å². The van der Waals surface area contributed by atoms with Gasteiger partial charge in [0.15, 0.2) is 0 Å². The maximum Gasteiger partial charge on any atom is 0.242 e. The second-order valence-corrected chi connectivity index (χ2v) is 8.07. The van der Waals surface area contributed by atoms with Gasteiger partial charge in [0.1, 0.15) is 6.04 Å². The molecule has 29 heavy (non-hydrogen) atoms.